The van der Waals surface area contributed by atoms with E-state index in [2.05, 4.69) is 15.5 Å². The van der Waals surface area contributed by atoms with Gasteiger partial charge in [0, 0.05) is 18.8 Å². The zero-order valence-corrected chi connectivity index (χ0v) is 9.72. The van der Waals surface area contributed by atoms with Crippen molar-refractivity contribution in [1.29, 1.82) is 0 Å². The third-order valence-electron chi connectivity index (χ3n) is 2.18. The number of rotatable bonds is 6. The van der Waals surface area contributed by atoms with E-state index in [1.165, 1.54) is 0 Å². The molecule has 90 valence electrons. The molecule has 1 N–H and O–H groups in total. The van der Waals surface area contributed by atoms with Gasteiger partial charge in [-0.1, -0.05) is 12.1 Å². The molecule has 0 spiro atoms. The Morgan fingerprint density at radius 3 is 3.18 bits per heavy atom. The van der Waals surface area contributed by atoms with E-state index in [1.807, 2.05) is 25.1 Å². The molecule has 0 radical (unpaired) electrons. The summed E-state index contributed by atoms with van der Waals surface area (Å²) >= 11 is 0. The molecule has 0 saturated carbocycles. The number of hydrogen-bond acceptors (Lipinski definition) is 5. The van der Waals surface area contributed by atoms with E-state index < -0.39 is 0 Å². The lowest BCUT2D eigenvalue weighted by Gasteiger charge is -2.01. The fourth-order valence-electron chi connectivity index (χ4n) is 1.35. The Morgan fingerprint density at radius 2 is 2.41 bits per heavy atom. The first-order valence-corrected chi connectivity index (χ1v) is 5.56. The fourth-order valence-corrected chi connectivity index (χ4v) is 1.35. The highest BCUT2D eigenvalue weighted by Gasteiger charge is 2.04. The van der Waals surface area contributed by atoms with Crippen LogP contribution >= 0.6 is 0 Å². The first-order chi connectivity index (χ1) is 8.38. The second-order valence-corrected chi connectivity index (χ2v) is 3.54. The van der Waals surface area contributed by atoms with Gasteiger partial charge in [0.15, 0.2) is 5.76 Å². The van der Waals surface area contributed by atoms with Gasteiger partial charge in [-0.3, -0.25) is 4.98 Å². The van der Waals surface area contributed by atoms with E-state index in [0.717, 1.165) is 18.0 Å². The normalized spacial score (nSPS) is 10.4. The van der Waals surface area contributed by atoms with Gasteiger partial charge in [0.1, 0.15) is 12.4 Å². The van der Waals surface area contributed by atoms with Gasteiger partial charge in [0.05, 0.1) is 11.9 Å². The molecule has 2 aromatic heterocycles. The Bertz CT molecular complexity index is 442. The van der Waals surface area contributed by atoms with E-state index in [0.29, 0.717) is 18.9 Å². The van der Waals surface area contributed by atoms with Gasteiger partial charge in [-0.15, -0.1) is 0 Å². The molecule has 0 aliphatic heterocycles. The second-order valence-electron chi connectivity index (χ2n) is 3.54. The van der Waals surface area contributed by atoms with Crippen LogP contribution in [0, 0.1) is 0 Å². The zero-order chi connectivity index (χ0) is 11.9. The third kappa shape index (κ3) is 3.57. The quantitative estimate of drug-likeness (QED) is 0.823. The highest BCUT2D eigenvalue weighted by atomic mass is 16.5. The number of aromatic nitrogens is 2. The molecular weight excluding hydrogens is 218 g/mol. The van der Waals surface area contributed by atoms with Crippen LogP contribution in [-0.2, 0) is 13.2 Å². The zero-order valence-electron chi connectivity index (χ0n) is 9.72. The molecule has 0 aromatic carbocycles. The van der Waals surface area contributed by atoms with Crippen LogP contribution in [0.3, 0.4) is 0 Å². The fraction of sp³-hybridized carbons (Fsp3) is 0.333. The number of nitrogens with zero attached hydrogens (tertiary/aromatic N) is 2. The second kappa shape index (κ2) is 6.00. The molecule has 2 aromatic rings. The summed E-state index contributed by atoms with van der Waals surface area (Å²) in [5.74, 6) is 1.43. The van der Waals surface area contributed by atoms with E-state index in [4.69, 9.17) is 9.26 Å². The number of pyridine rings is 1. The van der Waals surface area contributed by atoms with Gasteiger partial charge in [-0.25, -0.2) is 0 Å². The molecule has 0 amide bonds. The lowest BCUT2D eigenvalue weighted by Crippen LogP contribution is -2.11. The molecule has 0 atom stereocenters. The Kier molecular flexibility index (Phi) is 4.10. The maximum absolute atomic E-state index is 5.49. The van der Waals surface area contributed by atoms with E-state index >= 15 is 0 Å². The van der Waals surface area contributed by atoms with Crippen molar-refractivity contribution < 1.29 is 9.26 Å². The standard InChI is InChI=1S/C12H15N3O2/c1-2-13-7-10-6-12(17-15-10)9-16-11-4-3-5-14-8-11/h3-6,8,13H,2,7,9H2,1H3. The van der Waals surface area contributed by atoms with Crippen molar-refractivity contribution in [2.45, 2.75) is 20.1 Å². The average Bonchev–Trinajstić information content (AvgIpc) is 2.83. The molecule has 0 aliphatic rings. The SMILES string of the molecule is CCNCc1cc(COc2cccnc2)on1. The van der Waals surface area contributed by atoms with E-state index in [-0.39, 0.29) is 0 Å². The maximum atomic E-state index is 5.49. The van der Waals surface area contributed by atoms with Crippen LogP contribution in [0.2, 0.25) is 0 Å². The Hall–Kier alpha value is -1.88. The summed E-state index contributed by atoms with van der Waals surface area (Å²) in [6.07, 6.45) is 3.37. The molecular formula is C12H15N3O2. The van der Waals surface area contributed by atoms with Gasteiger partial charge in [0.2, 0.25) is 0 Å². The number of ether oxygens (including phenoxy) is 1. The Labute approximate surface area is 99.8 Å². The van der Waals surface area contributed by atoms with Crippen LogP contribution in [0.5, 0.6) is 5.75 Å². The first kappa shape index (κ1) is 11.6. The van der Waals surface area contributed by atoms with Gasteiger partial charge in [-0.05, 0) is 18.7 Å². The van der Waals surface area contributed by atoms with Crippen LogP contribution in [0.25, 0.3) is 0 Å². The molecule has 0 aliphatic carbocycles. The summed E-state index contributed by atoms with van der Waals surface area (Å²) in [7, 11) is 0. The van der Waals surface area contributed by atoms with Crippen molar-refractivity contribution >= 4 is 0 Å². The largest absolute Gasteiger partial charge is 0.484 e. The van der Waals surface area contributed by atoms with Crippen molar-refractivity contribution in [2.24, 2.45) is 0 Å². The first-order valence-electron chi connectivity index (χ1n) is 5.56. The van der Waals surface area contributed by atoms with Crippen LogP contribution in [0.1, 0.15) is 18.4 Å². The lowest BCUT2D eigenvalue weighted by atomic mass is 10.3. The van der Waals surface area contributed by atoms with Crippen molar-refractivity contribution in [3.05, 3.63) is 42.0 Å². The minimum atomic E-state index is 0.366. The van der Waals surface area contributed by atoms with Crippen molar-refractivity contribution in [3.63, 3.8) is 0 Å². The monoisotopic (exact) mass is 233 g/mol. The topological polar surface area (TPSA) is 60.2 Å². The number of nitrogens with one attached hydrogen (secondary N) is 1. The Morgan fingerprint density at radius 1 is 1.47 bits per heavy atom. The average molecular weight is 233 g/mol. The Balaban J connectivity index is 1.85. The van der Waals surface area contributed by atoms with Crippen molar-refractivity contribution in [2.75, 3.05) is 6.54 Å². The predicted molar refractivity (Wildman–Crippen MR) is 62.5 cm³/mol. The summed E-state index contributed by atoms with van der Waals surface area (Å²) in [4.78, 5) is 3.96. The molecule has 0 bridgehead atoms. The maximum Gasteiger partial charge on any atom is 0.174 e. The molecule has 17 heavy (non-hydrogen) atoms. The molecule has 0 fully saturated rings. The van der Waals surface area contributed by atoms with Gasteiger partial charge in [0.25, 0.3) is 0 Å². The minimum Gasteiger partial charge on any atom is -0.484 e. The van der Waals surface area contributed by atoms with Crippen LogP contribution in [0.15, 0.2) is 35.1 Å². The third-order valence-corrected chi connectivity index (χ3v) is 2.18. The van der Waals surface area contributed by atoms with Gasteiger partial charge >= 0.3 is 0 Å². The van der Waals surface area contributed by atoms with Gasteiger partial charge in [-0.2, -0.15) is 0 Å². The molecule has 5 heteroatoms. The molecule has 2 heterocycles. The van der Waals surface area contributed by atoms with Crippen LogP contribution < -0.4 is 10.1 Å². The summed E-state index contributed by atoms with van der Waals surface area (Å²) in [5.41, 5.74) is 0.886. The summed E-state index contributed by atoms with van der Waals surface area (Å²) in [5, 5.41) is 7.11. The van der Waals surface area contributed by atoms with Gasteiger partial charge < -0.3 is 14.6 Å². The van der Waals surface area contributed by atoms with Crippen LogP contribution in [0.4, 0.5) is 0 Å². The summed E-state index contributed by atoms with van der Waals surface area (Å²) < 4.78 is 10.6. The van der Waals surface area contributed by atoms with Crippen molar-refractivity contribution in [1.82, 2.24) is 15.5 Å². The highest BCUT2D eigenvalue weighted by molar-refractivity contribution is 5.16. The van der Waals surface area contributed by atoms with Crippen molar-refractivity contribution in [3.8, 4) is 5.75 Å². The molecule has 2 rings (SSSR count). The summed E-state index contributed by atoms with van der Waals surface area (Å²) in [6, 6.07) is 5.56. The van der Waals surface area contributed by atoms with Crippen LogP contribution in [-0.4, -0.2) is 16.7 Å². The molecule has 5 nitrogen and oxygen atoms in total. The number of hydrogen-bond donors (Lipinski definition) is 1. The van der Waals surface area contributed by atoms with E-state index in [9.17, 15) is 0 Å². The predicted octanol–water partition coefficient (Wildman–Crippen LogP) is 1.76. The minimum absolute atomic E-state index is 0.366. The molecule has 0 unspecified atom stereocenters. The lowest BCUT2D eigenvalue weighted by molar-refractivity contribution is 0.247. The van der Waals surface area contributed by atoms with E-state index in [1.54, 1.807) is 12.4 Å². The highest BCUT2D eigenvalue weighted by Crippen LogP contribution is 2.10. The summed E-state index contributed by atoms with van der Waals surface area (Å²) in [6.45, 7) is 4.04. The smallest absolute Gasteiger partial charge is 0.174 e. The molecule has 0 saturated heterocycles.